The number of amides is 1. The van der Waals surface area contributed by atoms with Gasteiger partial charge >= 0.3 is 0 Å². The second-order valence-electron chi connectivity index (χ2n) is 8.00. The first-order valence-electron chi connectivity index (χ1n) is 11.0. The number of aromatic nitrogens is 3. The Balaban J connectivity index is 1.89. The molecule has 0 saturated carbocycles. The van der Waals surface area contributed by atoms with Gasteiger partial charge in [-0.05, 0) is 30.4 Å². The molecular formula is C25H25F2N5O3. The molecule has 4 rings (SSSR count). The largest absolute Gasteiger partial charge is 0.493 e. The second kappa shape index (κ2) is 9.62. The summed E-state index contributed by atoms with van der Waals surface area (Å²) in [5.74, 6) is 3.08. The van der Waals surface area contributed by atoms with Gasteiger partial charge in [-0.25, -0.2) is 13.8 Å². The second-order valence-corrected chi connectivity index (χ2v) is 8.00. The van der Waals surface area contributed by atoms with Crippen LogP contribution in [-0.4, -0.2) is 52.9 Å². The van der Waals surface area contributed by atoms with Crippen LogP contribution in [0, 0.1) is 23.5 Å². The molecule has 3 heterocycles. The van der Waals surface area contributed by atoms with Gasteiger partial charge in [0.05, 0.1) is 31.2 Å². The Morgan fingerprint density at radius 2 is 1.97 bits per heavy atom. The number of methoxy groups -OCH3 is 2. The van der Waals surface area contributed by atoms with Crippen LogP contribution >= 0.6 is 0 Å². The summed E-state index contributed by atoms with van der Waals surface area (Å²) < 4.78 is 41.4. The highest BCUT2D eigenvalue weighted by atomic mass is 19.1. The van der Waals surface area contributed by atoms with E-state index in [1.165, 1.54) is 20.3 Å². The zero-order chi connectivity index (χ0) is 25.3. The maximum atomic E-state index is 14.8. The van der Waals surface area contributed by atoms with Crippen molar-refractivity contribution >= 4 is 22.6 Å². The van der Waals surface area contributed by atoms with Crippen molar-refractivity contribution < 1.29 is 23.0 Å². The van der Waals surface area contributed by atoms with E-state index in [1.54, 1.807) is 15.8 Å². The molecule has 1 aliphatic heterocycles. The molecule has 1 saturated heterocycles. The van der Waals surface area contributed by atoms with Crippen LogP contribution in [0.2, 0.25) is 0 Å². The van der Waals surface area contributed by atoms with Gasteiger partial charge in [-0.3, -0.25) is 9.48 Å². The highest BCUT2D eigenvalue weighted by molar-refractivity contribution is 5.95. The molecule has 1 unspecified atom stereocenters. The Kier molecular flexibility index (Phi) is 6.60. The van der Waals surface area contributed by atoms with Crippen LogP contribution in [0.5, 0.6) is 11.5 Å². The quantitative estimate of drug-likeness (QED) is 0.444. The zero-order valence-corrected chi connectivity index (χ0v) is 19.7. The van der Waals surface area contributed by atoms with E-state index < -0.39 is 17.2 Å². The molecule has 182 valence electrons. The Bertz CT molecular complexity index is 1360. The number of ether oxygens (including phenoxy) is 2. The number of benzene rings is 1. The molecule has 1 amide bonds. The maximum Gasteiger partial charge on any atom is 0.246 e. The van der Waals surface area contributed by atoms with E-state index in [4.69, 9.17) is 15.2 Å². The molecule has 1 aromatic carbocycles. The van der Waals surface area contributed by atoms with Crippen molar-refractivity contribution in [2.24, 2.45) is 0 Å². The maximum absolute atomic E-state index is 14.8. The number of likely N-dealkylation sites (tertiary alicyclic amines) is 1. The van der Waals surface area contributed by atoms with E-state index in [-0.39, 0.29) is 35.0 Å². The number of nitrogens with zero attached hydrogens (tertiary/aromatic N) is 4. The van der Waals surface area contributed by atoms with Crippen LogP contribution in [0.4, 0.5) is 14.6 Å². The highest BCUT2D eigenvalue weighted by Gasteiger charge is 2.30. The highest BCUT2D eigenvalue weighted by Crippen LogP contribution is 2.33. The molecular weight excluding hydrogens is 456 g/mol. The average molecular weight is 482 g/mol. The van der Waals surface area contributed by atoms with Gasteiger partial charge in [0, 0.05) is 25.4 Å². The summed E-state index contributed by atoms with van der Waals surface area (Å²) in [7, 11) is 2.53. The summed E-state index contributed by atoms with van der Waals surface area (Å²) >= 11 is 0. The van der Waals surface area contributed by atoms with Gasteiger partial charge in [0.15, 0.2) is 23.1 Å². The normalized spacial score (nSPS) is 15.1. The molecule has 0 radical (unpaired) electrons. The predicted molar refractivity (Wildman–Crippen MR) is 127 cm³/mol. The van der Waals surface area contributed by atoms with Gasteiger partial charge < -0.3 is 20.1 Å². The lowest BCUT2D eigenvalue weighted by Gasteiger charge is -2.16. The fraction of sp³-hybridized carbons (Fsp3) is 0.320. The number of carbonyl (C=O) groups excluding carboxylic acids is 1. The first kappa shape index (κ1) is 24.0. The third-order valence-electron chi connectivity index (χ3n) is 6.09. The van der Waals surface area contributed by atoms with Crippen molar-refractivity contribution in [2.75, 3.05) is 33.0 Å². The van der Waals surface area contributed by atoms with E-state index in [1.807, 2.05) is 6.92 Å². The topological polar surface area (TPSA) is 95.5 Å². The van der Waals surface area contributed by atoms with Crippen molar-refractivity contribution in [3.8, 4) is 23.3 Å². The number of hydrogen-bond acceptors (Lipinski definition) is 6. The van der Waals surface area contributed by atoms with Crippen molar-refractivity contribution in [3.05, 3.63) is 53.4 Å². The molecule has 35 heavy (non-hydrogen) atoms. The molecule has 3 aromatic rings. The van der Waals surface area contributed by atoms with E-state index in [0.717, 1.165) is 17.1 Å². The summed E-state index contributed by atoms with van der Waals surface area (Å²) in [6.45, 7) is 6.53. The number of nitrogen functional groups attached to an aromatic ring is 1. The minimum absolute atomic E-state index is 0.130. The van der Waals surface area contributed by atoms with E-state index >= 15 is 0 Å². The Morgan fingerprint density at radius 1 is 1.29 bits per heavy atom. The molecule has 1 fully saturated rings. The Labute approximate surface area is 201 Å². The number of hydrogen-bond donors (Lipinski definition) is 1. The van der Waals surface area contributed by atoms with Gasteiger partial charge in [0.2, 0.25) is 5.91 Å². The molecule has 0 spiro atoms. The monoisotopic (exact) mass is 481 g/mol. The number of pyridine rings is 1. The van der Waals surface area contributed by atoms with Crippen molar-refractivity contribution in [1.29, 1.82) is 0 Å². The standard InChI is InChI=1S/C25H25F2N5O3/c1-5-14-12-29-25(28)21-17(8-7-16-22(26)18(34-3)11-19(35-4)23(16)27)30-32(24(14)21)15-9-10-31(13-15)20(33)6-2/h6,11-12,15H,2,5,9-10,13H2,1,3-4H3,(H2,28,29). The van der Waals surface area contributed by atoms with Crippen LogP contribution in [0.1, 0.15) is 36.2 Å². The zero-order valence-electron chi connectivity index (χ0n) is 19.7. The van der Waals surface area contributed by atoms with Crippen LogP contribution in [0.15, 0.2) is 24.9 Å². The van der Waals surface area contributed by atoms with Crippen LogP contribution in [0.3, 0.4) is 0 Å². The third-order valence-corrected chi connectivity index (χ3v) is 6.09. The molecule has 1 aliphatic rings. The van der Waals surface area contributed by atoms with Crippen LogP contribution in [0.25, 0.3) is 10.9 Å². The SMILES string of the molecule is C=CC(=O)N1CCC(n2nc(C#Cc3c(F)c(OC)cc(OC)c3F)c3c(N)ncc(CC)c32)C1. The summed E-state index contributed by atoms with van der Waals surface area (Å²) in [6, 6.07) is 0.987. The molecule has 0 bridgehead atoms. The number of aryl methyl sites for hydroxylation is 1. The average Bonchev–Trinajstić information content (AvgIpc) is 3.50. The van der Waals surface area contributed by atoms with Gasteiger partial charge in [0.1, 0.15) is 17.1 Å². The molecule has 0 aliphatic carbocycles. The van der Waals surface area contributed by atoms with Crippen LogP contribution in [-0.2, 0) is 11.2 Å². The first-order valence-corrected chi connectivity index (χ1v) is 11.0. The number of fused-ring (bicyclic) bond motifs is 1. The predicted octanol–water partition coefficient (Wildman–Crippen LogP) is 3.23. The van der Waals surface area contributed by atoms with Crippen molar-refractivity contribution in [1.82, 2.24) is 19.7 Å². The van der Waals surface area contributed by atoms with Gasteiger partial charge in [0.25, 0.3) is 0 Å². The van der Waals surface area contributed by atoms with Gasteiger partial charge in [-0.15, -0.1) is 0 Å². The minimum Gasteiger partial charge on any atom is -0.493 e. The molecule has 2 aromatic heterocycles. The van der Waals surface area contributed by atoms with E-state index in [9.17, 15) is 13.6 Å². The first-order chi connectivity index (χ1) is 16.8. The Morgan fingerprint density at radius 3 is 2.57 bits per heavy atom. The van der Waals surface area contributed by atoms with Crippen molar-refractivity contribution in [3.63, 3.8) is 0 Å². The van der Waals surface area contributed by atoms with Crippen LogP contribution < -0.4 is 15.2 Å². The molecule has 8 nitrogen and oxygen atoms in total. The van der Waals surface area contributed by atoms with Crippen molar-refractivity contribution in [2.45, 2.75) is 25.8 Å². The molecule has 1 atom stereocenters. The number of anilines is 1. The Hall–Kier alpha value is -4.13. The summed E-state index contributed by atoms with van der Waals surface area (Å²) in [6.07, 6.45) is 4.29. The van der Waals surface area contributed by atoms with E-state index in [0.29, 0.717) is 31.3 Å². The third kappa shape index (κ3) is 4.14. The lowest BCUT2D eigenvalue weighted by molar-refractivity contribution is -0.125. The lowest BCUT2D eigenvalue weighted by atomic mass is 10.1. The molecule has 2 N–H and O–H groups in total. The fourth-order valence-electron chi connectivity index (χ4n) is 4.26. The number of rotatable bonds is 5. The number of nitrogens with two attached hydrogens (primary N) is 1. The number of carbonyl (C=O) groups is 1. The molecule has 10 heteroatoms. The fourth-order valence-corrected chi connectivity index (χ4v) is 4.26. The number of halogens is 2. The summed E-state index contributed by atoms with van der Waals surface area (Å²) in [5.41, 5.74) is 7.57. The summed E-state index contributed by atoms with van der Waals surface area (Å²) in [4.78, 5) is 18.1. The van der Waals surface area contributed by atoms with Gasteiger partial charge in [-0.2, -0.15) is 5.10 Å². The minimum atomic E-state index is -0.947. The summed E-state index contributed by atoms with van der Waals surface area (Å²) in [5, 5.41) is 5.17. The lowest BCUT2D eigenvalue weighted by Crippen LogP contribution is -2.27. The van der Waals surface area contributed by atoms with Gasteiger partial charge in [-0.1, -0.05) is 19.4 Å². The smallest absolute Gasteiger partial charge is 0.246 e. The van der Waals surface area contributed by atoms with E-state index in [2.05, 4.69) is 28.5 Å².